The smallest absolute Gasteiger partial charge is 0.0801 e. The molecule has 0 bridgehead atoms. The highest BCUT2D eigenvalue weighted by Gasteiger charge is 2.23. The molecule has 0 atom stereocenters. The molecule has 0 aromatic carbocycles. The molecule has 1 aromatic heterocycles. The second kappa shape index (κ2) is 6.19. The van der Waals surface area contributed by atoms with E-state index in [0.29, 0.717) is 0 Å². The lowest BCUT2D eigenvalue weighted by Crippen LogP contribution is -2.23. The number of nitrogens with one attached hydrogen (secondary N) is 1. The third-order valence-electron chi connectivity index (χ3n) is 4.40. The lowest BCUT2D eigenvalue weighted by Gasteiger charge is -2.25. The average molecular weight is 276 g/mol. The summed E-state index contributed by atoms with van der Waals surface area (Å²) in [6.45, 7) is 3.21. The van der Waals surface area contributed by atoms with Gasteiger partial charge in [-0.3, -0.25) is 0 Å². The summed E-state index contributed by atoms with van der Waals surface area (Å²) in [5, 5.41) is 3.70. The number of aromatic nitrogens is 1. The van der Waals surface area contributed by atoms with E-state index in [4.69, 9.17) is 0 Å². The highest BCUT2D eigenvalue weighted by molar-refractivity contribution is 7.10. The van der Waals surface area contributed by atoms with Crippen LogP contribution in [-0.4, -0.2) is 17.6 Å². The highest BCUT2D eigenvalue weighted by atomic mass is 32.1. The minimum atomic E-state index is 0.801. The predicted molar refractivity (Wildman–Crippen MR) is 82.4 cm³/mol. The van der Waals surface area contributed by atoms with E-state index < -0.39 is 0 Å². The SMILES string of the molecule is Cc1ncsc1C=C(CNC1CC1)C1CCCCC1. The highest BCUT2D eigenvalue weighted by Crippen LogP contribution is 2.32. The number of hydrogen-bond acceptors (Lipinski definition) is 3. The standard InChI is InChI=1S/C16H24N2S/c1-12-16(19-11-18-12)9-14(10-17-15-7-8-15)13-5-3-2-4-6-13/h9,11,13,15,17H,2-8,10H2,1H3. The summed E-state index contributed by atoms with van der Waals surface area (Å²) in [7, 11) is 0. The van der Waals surface area contributed by atoms with Crippen LogP contribution in [-0.2, 0) is 0 Å². The summed E-state index contributed by atoms with van der Waals surface area (Å²) in [5.74, 6) is 0.807. The fourth-order valence-corrected chi connectivity index (χ4v) is 3.72. The second-order valence-corrected chi connectivity index (χ2v) is 6.90. The Morgan fingerprint density at radius 3 is 2.74 bits per heavy atom. The van der Waals surface area contributed by atoms with E-state index in [-0.39, 0.29) is 0 Å². The quantitative estimate of drug-likeness (QED) is 0.873. The van der Waals surface area contributed by atoms with Crippen LogP contribution in [0.5, 0.6) is 0 Å². The summed E-state index contributed by atoms with van der Waals surface area (Å²) in [5.41, 5.74) is 4.78. The maximum absolute atomic E-state index is 4.38. The molecule has 0 radical (unpaired) electrons. The Balaban J connectivity index is 1.73. The number of nitrogens with zero attached hydrogens (tertiary/aromatic N) is 1. The fraction of sp³-hybridized carbons (Fsp3) is 0.688. The molecule has 0 amide bonds. The molecule has 0 spiro atoms. The predicted octanol–water partition coefficient (Wildman–Crippen LogP) is 4.17. The largest absolute Gasteiger partial charge is 0.310 e. The summed E-state index contributed by atoms with van der Waals surface area (Å²) >= 11 is 1.78. The van der Waals surface area contributed by atoms with Crippen LogP contribution >= 0.6 is 11.3 Å². The maximum atomic E-state index is 4.38. The van der Waals surface area contributed by atoms with Crippen molar-refractivity contribution >= 4 is 17.4 Å². The number of aryl methyl sites for hydroxylation is 1. The van der Waals surface area contributed by atoms with Crippen molar-refractivity contribution in [2.45, 2.75) is 57.9 Å². The van der Waals surface area contributed by atoms with Gasteiger partial charge in [0.2, 0.25) is 0 Å². The molecular formula is C16H24N2S. The van der Waals surface area contributed by atoms with Crippen molar-refractivity contribution in [1.82, 2.24) is 10.3 Å². The molecule has 2 saturated carbocycles. The van der Waals surface area contributed by atoms with E-state index >= 15 is 0 Å². The van der Waals surface area contributed by atoms with Gasteiger partial charge < -0.3 is 5.32 Å². The number of hydrogen-bond donors (Lipinski definition) is 1. The Bertz CT molecular complexity index is 439. The zero-order valence-electron chi connectivity index (χ0n) is 11.8. The maximum Gasteiger partial charge on any atom is 0.0801 e. The van der Waals surface area contributed by atoms with Gasteiger partial charge in [0.1, 0.15) is 0 Å². The minimum absolute atomic E-state index is 0.801. The van der Waals surface area contributed by atoms with Gasteiger partial charge in [0.25, 0.3) is 0 Å². The molecule has 2 fully saturated rings. The third-order valence-corrected chi connectivity index (χ3v) is 5.28. The van der Waals surface area contributed by atoms with E-state index in [0.717, 1.165) is 18.5 Å². The van der Waals surface area contributed by atoms with Crippen LogP contribution in [0.1, 0.15) is 55.5 Å². The second-order valence-electron chi connectivity index (χ2n) is 6.01. The first kappa shape index (κ1) is 13.3. The van der Waals surface area contributed by atoms with Gasteiger partial charge >= 0.3 is 0 Å². The Kier molecular flexibility index (Phi) is 4.34. The Hall–Kier alpha value is -0.670. The topological polar surface area (TPSA) is 24.9 Å². The van der Waals surface area contributed by atoms with Crippen molar-refractivity contribution in [2.75, 3.05) is 6.54 Å². The average Bonchev–Trinajstić information content (AvgIpc) is 3.19. The van der Waals surface area contributed by atoms with E-state index in [9.17, 15) is 0 Å². The Morgan fingerprint density at radius 2 is 2.11 bits per heavy atom. The van der Waals surface area contributed by atoms with E-state index in [1.165, 1.54) is 55.5 Å². The molecule has 0 saturated heterocycles. The zero-order valence-corrected chi connectivity index (χ0v) is 12.6. The molecule has 1 heterocycles. The van der Waals surface area contributed by atoms with Gasteiger partial charge in [-0.25, -0.2) is 4.98 Å². The molecule has 0 aliphatic heterocycles. The molecule has 3 rings (SSSR count). The summed E-state index contributed by atoms with van der Waals surface area (Å²) in [4.78, 5) is 5.74. The lowest BCUT2D eigenvalue weighted by atomic mass is 9.83. The van der Waals surface area contributed by atoms with Gasteiger partial charge in [-0.1, -0.05) is 24.8 Å². The Morgan fingerprint density at radius 1 is 1.32 bits per heavy atom. The van der Waals surface area contributed by atoms with Crippen LogP contribution in [0.4, 0.5) is 0 Å². The molecule has 19 heavy (non-hydrogen) atoms. The van der Waals surface area contributed by atoms with Crippen molar-refractivity contribution in [3.8, 4) is 0 Å². The first-order chi connectivity index (χ1) is 9.33. The van der Waals surface area contributed by atoms with Crippen molar-refractivity contribution < 1.29 is 0 Å². The minimum Gasteiger partial charge on any atom is -0.310 e. The fourth-order valence-electron chi connectivity index (χ4n) is 2.95. The van der Waals surface area contributed by atoms with Crippen molar-refractivity contribution in [1.29, 1.82) is 0 Å². The number of rotatable bonds is 5. The van der Waals surface area contributed by atoms with E-state index in [2.05, 4.69) is 23.3 Å². The van der Waals surface area contributed by atoms with Crippen LogP contribution in [0, 0.1) is 12.8 Å². The normalized spacial score (nSPS) is 21.8. The molecule has 1 aromatic rings. The lowest BCUT2D eigenvalue weighted by molar-refractivity contribution is 0.396. The first-order valence-electron chi connectivity index (χ1n) is 7.67. The van der Waals surface area contributed by atoms with Gasteiger partial charge in [0.15, 0.2) is 0 Å². The summed E-state index contributed by atoms with van der Waals surface area (Å²) in [6.07, 6.45) is 12.2. The Labute approximate surface area is 120 Å². The molecule has 1 N–H and O–H groups in total. The van der Waals surface area contributed by atoms with Crippen molar-refractivity contribution in [2.24, 2.45) is 5.92 Å². The van der Waals surface area contributed by atoms with Crippen LogP contribution in [0.3, 0.4) is 0 Å². The van der Waals surface area contributed by atoms with Crippen LogP contribution in [0.15, 0.2) is 11.1 Å². The summed E-state index contributed by atoms with van der Waals surface area (Å²) < 4.78 is 0. The van der Waals surface area contributed by atoms with E-state index in [1.807, 2.05) is 5.51 Å². The molecule has 2 aliphatic rings. The molecule has 3 heteroatoms. The van der Waals surface area contributed by atoms with Crippen molar-refractivity contribution in [3.63, 3.8) is 0 Å². The third kappa shape index (κ3) is 3.67. The van der Waals surface area contributed by atoms with Crippen LogP contribution in [0.2, 0.25) is 0 Å². The monoisotopic (exact) mass is 276 g/mol. The van der Waals surface area contributed by atoms with Crippen LogP contribution in [0.25, 0.3) is 6.08 Å². The van der Waals surface area contributed by atoms with Gasteiger partial charge in [0, 0.05) is 17.5 Å². The summed E-state index contributed by atoms with van der Waals surface area (Å²) in [6, 6.07) is 0.801. The van der Waals surface area contributed by atoms with Gasteiger partial charge in [-0.2, -0.15) is 0 Å². The van der Waals surface area contributed by atoms with Crippen molar-refractivity contribution in [3.05, 3.63) is 21.7 Å². The number of thiazole rings is 1. The molecular weight excluding hydrogens is 252 g/mol. The molecule has 0 unspecified atom stereocenters. The van der Waals surface area contributed by atoms with Gasteiger partial charge in [0.05, 0.1) is 11.2 Å². The molecule has 2 nitrogen and oxygen atoms in total. The van der Waals surface area contributed by atoms with E-state index in [1.54, 1.807) is 16.9 Å². The molecule has 104 valence electrons. The first-order valence-corrected chi connectivity index (χ1v) is 8.55. The van der Waals surface area contributed by atoms with Gasteiger partial charge in [-0.05, 0) is 44.6 Å². The van der Waals surface area contributed by atoms with Crippen LogP contribution < -0.4 is 5.32 Å². The molecule has 2 aliphatic carbocycles. The van der Waals surface area contributed by atoms with Gasteiger partial charge in [-0.15, -0.1) is 11.3 Å². The zero-order chi connectivity index (χ0) is 13.1.